The number of nitrogens with one attached hydrogen (secondary N) is 2. The lowest BCUT2D eigenvalue weighted by Gasteiger charge is -2.18. The van der Waals surface area contributed by atoms with Crippen molar-refractivity contribution < 1.29 is 4.74 Å². The zero-order valence-electron chi connectivity index (χ0n) is 15.9. The Morgan fingerprint density at radius 1 is 1.04 bits per heavy atom. The summed E-state index contributed by atoms with van der Waals surface area (Å²) >= 11 is 0. The number of hydrogen-bond acceptors (Lipinski definition) is 2. The Morgan fingerprint density at radius 3 is 2.44 bits per heavy atom. The van der Waals surface area contributed by atoms with Crippen molar-refractivity contribution in [1.29, 1.82) is 0 Å². The summed E-state index contributed by atoms with van der Waals surface area (Å²) in [4.78, 5) is 4.82. The number of nitrogens with zero attached hydrogens (tertiary/aromatic N) is 1. The Kier molecular flexibility index (Phi) is 9.62. The van der Waals surface area contributed by atoms with Crippen molar-refractivity contribution in [2.75, 3.05) is 26.2 Å². The summed E-state index contributed by atoms with van der Waals surface area (Å²) in [6.45, 7) is 5.43. The van der Waals surface area contributed by atoms with Crippen molar-refractivity contribution >= 4 is 29.9 Å². The van der Waals surface area contributed by atoms with Gasteiger partial charge in [-0.1, -0.05) is 60.7 Å². The van der Waals surface area contributed by atoms with Crippen LogP contribution in [0.25, 0.3) is 0 Å². The quantitative estimate of drug-likeness (QED) is 0.356. The van der Waals surface area contributed by atoms with Crippen LogP contribution in [0.2, 0.25) is 0 Å². The molecule has 5 heteroatoms. The summed E-state index contributed by atoms with van der Waals surface area (Å²) in [6, 6.07) is 21.0. The third-order valence-electron chi connectivity index (χ3n) is 4.72. The van der Waals surface area contributed by atoms with Gasteiger partial charge in [0, 0.05) is 32.2 Å². The van der Waals surface area contributed by atoms with Gasteiger partial charge in [0.1, 0.15) is 0 Å². The van der Waals surface area contributed by atoms with Crippen molar-refractivity contribution in [2.24, 2.45) is 10.9 Å². The highest BCUT2D eigenvalue weighted by Crippen LogP contribution is 2.34. The van der Waals surface area contributed by atoms with Gasteiger partial charge in [-0.05, 0) is 30.9 Å². The van der Waals surface area contributed by atoms with Crippen LogP contribution < -0.4 is 10.6 Å². The molecule has 2 N–H and O–H groups in total. The van der Waals surface area contributed by atoms with E-state index >= 15 is 0 Å². The highest BCUT2D eigenvalue weighted by atomic mass is 127. The second kappa shape index (κ2) is 12.0. The van der Waals surface area contributed by atoms with Crippen LogP contribution in [-0.2, 0) is 11.2 Å². The van der Waals surface area contributed by atoms with Gasteiger partial charge in [-0.2, -0.15) is 0 Å². The lowest BCUT2D eigenvalue weighted by Crippen LogP contribution is -2.38. The highest BCUT2D eigenvalue weighted by molar-refractivity contribution is 14.0. The summed E-state index contributed by atoms with van der Waals surface area (Å²) in [5.41, 5.74) is 2.59. The summed E-state index contributed by atoms with van der Waals surface area (Å²) in [5.74, 6) is 1.32. The Hall–Kier alpha value is -1.60. The number of ether oxygens (including phenoxy) is 1. The Balaban J connectivity index is 0.00000261. The van der Waals surface area contributed by atoms with E-state index in [0.29, 0.717) is 5.92 Å². The summed E-state index contributed by atoms with van der Waals surface area (Å²) in [6.07, 6.45) is 2.21. The average Bonchev–Trinajstić information content (AvgIpc) is 3.16. The maximum absolute atomic E-state index is 5.97. The fraction of sp³-hybridized carbons (Fsp3) is 0.409. The van der Waals surface area contributed by atoms with Crippen molar-refractivity contribution in [3.63, 3.8) is 0 Å². The molecule has 0 aromatic heterocycles. The number of aliphatic imine (C=N–C) groups is 1. The molecule has 146 valence electrons. The minimum absolute atomic E-state index is 0. The molecule has 0 amide bonds. The predicted octanol–water partition coefficient (Wildman–Crippen LogP) is 4.18. The van der Waals surface area contributed by atoms with Crippen LogP contribution in [0.5, 0.6) is 0 Å². The Morgan fingerprint density at radius 2 is 1.74 bits per heavy atom. The summed E-state index contributed by atoms with van der Waals surface area (Å²) in [7, 11) is 0. The van der Waals surface area contributed by atoms with Gasteiger partial charge in [0.05, 0.1) is 6.10 Å². The van der Waals surface area contributed by atoms with Gasteiger partial charge in [0.25, 0.3) is 0 Å². The largest absolute Gasteiger partial charge is 0.373 e. The fourth-order valence-electron chi connectivity index (χ4n) is 3.35. The summed E-state index contributed by atoms with van der Waals surface area (Å²) < 4.78 is 5.97. The van der Waals surface area contributed by atoms with Gasteiger partial charge in [0.2, 0.25) is 0 Å². The lowest BCUT2D eigenvalue weighted by molar-refractivity contribution is 0.0925. The average molecular weight is 479 g/mol. The summed E-state index contributed by atoms with van der Waals surface area (Å²) in [5, 5.41) is 6.79. The second-order valence-corrected chi connectivity index (χ2v) is 6.63. The molecule has 2 aromatic rings. The first-order valence-corrected chi connectivity index (χ1v) is 9.59. The smallest absolute Gasteiger partial charge is 0.191 e. The van der Waals surface area contributed by atoms with Crippen LogP contribution in [0.15, 0.2) is 65.7 Å². The maximum Gasteiger partial charge on any atom is 0.191 e. The van der Waals surface area contributed by atoms with Crippen LogP contribution in [0.3, 0.4) is 0 Å². The molecule has 1 heterocycles. The van der Waals surface area contributed by atoms with Crippen LogP contribution in [0.4, 0.5) is 0 Å². The van der Waals surface area contributed by atoms with E-state index in [4.69, 9.17) is 9.73 Å². The van der Waals surface area contributed by atoms with Crippen LogP contribution in [-0.4, -0.2) is 32.2 Å². The van der Waals surface area contributed by atoms with Crippen molar-refractivity contribution in [3.8, 4) is 0 Å². The van der Waals surface area contributed by atoms with Crippen LogP contribution in [0.1, 0.15) is 30.6 Å². The molecular formula is C22H30IN3O. The number of benzene rings is 2. The standard InChI is InChI=1S/C22H29N3O.HI/c1-2-23-22(24-15-13-18-9-5-3-6-10-18)25-17-20-14-16-26-21(20)19-11-7-4-8-12-19;/h3-12,20-21H,2,13-17H2,1H3,(H2,23,24,25);1H. The number of guanidine groups is 1. The highest BCUT2D eigenvalue weighted by Gasteiger charge is 2.29. The van der Waals surface area contributed by atoms with Gasteiger partial charge in [-0.3, -0.25) is 4.99 Å². The molecule has 0 saturated carbocycles. The molecule has 1 aliphatic heterocycles. The zero-order chi connectivity index (χ0) is 18.0. The molecule has 4 nitrogen and oxygen atoms in total. The molecule has 0 radical (unpaired) electrons. The molecule has 1 saturated heterocycles. The second-order valence-electron chi connectivity index (χ2n) is 6.63. The van der Waals surface area contributed by atoms with Crippen LogP contribution in [0, 0.1) is 5.92 Å². The molecule has 2 unspecified atom stereocenters. The topological polar surface area (TPSA) is 45.7 Å². The molecule has 3 rings (SSSR count). The number of rotatable bonds is 7. The molecule has 1 aliphatic rings. The minimum atomic E-state index is 0. The van der Waals surface area contributed by atoms with Crippen molar-refractivity contribution in [1.82, 2.24) is 10.6 Å². The number of halogens is 1. The maximum atomic E-state index is 5.97. The number of hydrogen-bond donors (Lipinski definition) is 2. The third-order valence-corrected chi connectivity index (χ3v) is 4.72. The van der Waals surface area contributed by atoms with Gasteiger partial charge in [0.15, 0.2) is 5.96 Å². The first-order valence-electron chi connectivity index (χ1n) is 9.59. The fourth-order valence-corrected chi connectivity index (χ4v) is 3.35. The van der Waals surface area contributed by atoms with E-state index in [1.807, 2.05) is 6.07 Å². The van der Waals surface area contributed by atoms with Gasteiger partial charge >= 0.3 is 0 Å². The molecule has 0 spiro atoms. The van der Waals surface area contributed by atoms with E-state index in [1.165, 1.54) is 11.1 Å². The van der Waals surface area contributed by atoms with Gasteiger partial charge < -0.3 is 15.4 Å². The van der Waals surface area contributed by atoms with E-state index < -0.39 is 0 Å². The molecule has 0 bridgehead atoms. The molecule has 0 aliphatic carbocycles. The molecule has 27 heavy (non-hydrogen) atoms. The molecule has 1 fully saturated rings. The van der Waals surface area contributed by atoms with Gasteiger partial charge in [-0.25, -0.2) is 0 Å². The first kappa shape index (κ1) is 21.7. The minimum Gasteiger partial charge on any atom is -0.373 e. The Bertz CT molecular complexity index is 678. The zero-order valence-corrected chi connectivity index (χ0v) is 18.3. The molecular weight excluding hydrogens is 449 g/mol. The lowest BCUT2D eigenvalue weighted by atomic mass is 9.95. The SMILES string of the molecule is CCNC(=NCC1CCOC1c1ccccc1)NCCc1ccccc1.I. The van der Waals surface area contributed by atoms with Crippen molar-refractivity contribution in [2.45, 2.75) is 25.9 Å². The first-order chi connectivity index (χ1) is 12.9. The van der Waals surface area contributed by atoms with E-state index in [0.717, 1.165) is 45.0 Å². The normalized spacial score (nSPS) is 19.4. The van der Waals surface area contributed by atoms with E-state index in [-0.39, 0.29) is 30.1 Å². The Labute approximate surface area is 179 Å². The predicted molar refractivity (Wildman–Crippen MR) is 123 cm³/mol. The third kappa shape index (κ3) is 6.81. The monoisotopic (exact) mass is 479 g/mol. The van der Waals surface area contributed by atoms with Gasteiger partial charge in [-0.15, -0.1) is 24.0 Å². The molecule has 2 aromatic carbocycles. The molecule has 2 atom stereocenters. The van der Waals surface area contributed by atoms with E-state index in [2.05, 4.69) is 72.2 Å². The van der Waals surface area contributed by atoms with E-state index in [9.17, 15) is 0 Å². The van der Waals surface area contributed by atoms with E-state index in [1.54, 1.807) is 0 Å². The van der Waals surface area contributed by atoms with Crippen LogP contribution >= 0.6 is 24.0 Å². The van der Waals surface area contributed by atoms with Crippen molar-refractivity contribution in [3.05, 3.63) is 71.8 Å².